The van der Waals surface area contributed by atoms with E-state index in [2.05, 4.69) is 4.74 Å². The number of ether oxygens (including phenoxy) is 2. The highest BCUT2D eigenvalue weighted by Gasteiger charge is 2.19. The summed E-state index contributed by atoms with van der Waals surface area (Å²) in [5.41, 5.74) is -0.403. The lowest BCUT2D eigenvalue weighted by Crippen LogP contribution is -2.00. The summed E-state index contributed by atoms with van der Waals surface area (Å²) >= 11 is 0. The third-order valence-electron chi connectivity index (χ3n) is 1.71. The van der Waals surface area contributed by atoms with E-state index < -0.39 is 17.2 Å². The quantitative estimate of drug-likeness (QED) is 0.701. The van der Waals surface area contributed by atoms with E-state index in [1.807, 2.05) is 0 Å². The van der Waals surface area contributed by atoms with Crippen LogP contribution in [0.4, 0.5) is 8.78 Å². The van der Waals surface area contributed by atoms with Crippen LogP contribution in [0, 0.1) is 11.6 Å². The number of methoxy groups -OCH3 is 2. The van der Waals surface area contributed by atoms with Crippen LogP contribution in [0.1, 0.15) is 10.4 Å². The van der Waals surface area contributed by atoms with E-state index in [9.17, 15) is 13.6 Å². The fourth-order valence-corrected chi connectivity index (χ4v) is 1.03. The van der Waals surface area contributed by atoms with Gasteiger partial charge in [-0.15, -0.1) is 0 Å². The van der Waals surface area contributed by atoms with Crippen molar-refractivity contribution in [2.75, 3.05) is 14.2 Å². The molecule has 1 rings (SSSR count). The van der Waals surface area contributed by atoms with Gasteiger partial charge in [-0.3, -0.25) is 4.79 Å². The Morgan fingerprint density at radius 2 is 1.86 bits per heavy atom. The van der Waals surface area contributed by atoms with Crippen LogP contribution in [-0.4, -0.2) is 20.5 Å². The number of benzene rings is 1. The van der Waals surface area contributed by atoms with Crippen LogP contribution in [0.2, 0.25) is 0 Å². The van der Waals surface area contributed by atoms with Gasteiger partial charge in [-0.1, -0.05) is 0 Å². The summed E-state index contributed by atoms with van der Waals surface area (Å²) in [6.07, 6.45) is 0.209. The molecule has 0 heterocycles. The summed E-state index contributed by atoms with van der Waals surface area (Å²) in [5.74, 6) is -2.84. The van der Waals surface area contributed by atoms with Crippen molar-refractivity contribution in [1.82, 2.24) is 0 Å². The Kier molecular flexibility index (Phi) is 3.01. The van der Waals surface area contributed by atoms with E-state index in [0.29, 0.717) is 0 Å². The number of carbonyl (C=O) groups is 1. The first kappa shape index (κ1) is 10.4. The summed E-state index contributed by atoms with van der Waals surface area (Å²) in [6.45, 7) is 0. The van der Waals surface area contributed by atoms with Gasteiger partial charge in [-0.25, -0.2) is 4.39 Å². The third-order valence-corrected chi connectivity index (χ3v) is 1.71. The van der Waals surface area contributed by atoms with Crippen LogP contribution in [0.15, 0.2) is 6.07 Å². The van der Waals surface area contributed by atoms with E-state index in [1.165, 1.54) is 14.2 Å². The van der Waals surface area contributed by atoms with Gasteiger partial charge in [0.2, 0.25) is 5.82 Å². The van der Waals surface area contributed by atoms with Crippen LogP contribution >= 0.6 is 0 Å². The van der Waals surface area contributed by atoms with Gasteiger partial charge >= 0.3 is 0 Å². The molecule has 0 amide bonds. The Morgan fingerprint density at radius 3 is 2.29 bits per heavy atom. The van der Waals surface area contributed by atoms with Crippen LogP contribution in [-0.2, 0) is 0 Å². The molecule has 0 bridgehead atoms. The molecule has 76 valence electrons. The molecule has 0 radical (unpaired) electrons. The minimum Gasteiger partial charge on any atom is -0.493 e. The first-order chi connectivity index (χ1) is 6.65. The zero-order chi connectivity index (χ0) is 10.7. The van der Waals surface area contributed by atoms with Crippen molar-refractivity contribution in [3.63, 3.8) is 0 Å². The first-order valence-electron chi connectivity index (χ1n) is 3.70. The molecule has 0 saturated carbocycles. The van der Waals surface area contributed by atoms with E-state index in [1.54, 1.807) is 0 Å². The summed E-state index contributed by atoms with van der Waals surface area (Å²) in [5, 5.41) is 0. The predicted molar refractivity (Wildman–Crippen MR) is 44.8 cm³/mol. The van der Waals surface area contributed by atoms with Crippen LogP contribution < -0.4 is 9.47 Å². The maximum absolute atomic E-state index is 13.2. The number of carbonyl (C=O) groups excluding carboxylic acids is 1. The van der Waals surface area contributed by atoms with Crippen molar-refractivity contribution >= 4 is 6.29 Å². The molecule has 1 aromatic rings. The molecule has 0 spiro atoms. The molecule has 0 aliphatic heterocycles. The fourth-order valence-electron chi connectivity index (χ4n) is 1.03. The van der Waals surface area contributed by atoms with Crippen LogP contribution in [0.5, 0.6) is 11.5 Å². The maximum Gasteiger partial charge on any atom is 0.205 e. The van der Waals surface area contributed by atoms with Gasteiger partial charge in [-0.2, -0.15) is 4.39 Å². The number of halogens is 2. The second-order valence-corrected chi connectivity index (χ2v) is 2.45. The van der Waals surface area contributed by atoms with Crippen LogP contribution in [0.3, 0.4) is 0 Å². The van der Waals surface area contributed by atoms with Crippen LogP contribution in [0.25, 0.3) is 0 Å². The number of aldehydes is 1. The average molecular weight is 202 g/mol. The monoisotopic (exact) mass is 202 g/mol. The Balaban J connectivity index is 3.45. The van der Waals surface area contributed by atoms with Gasteiger partial charge in [0, 0.05) is 0 Å². The normalized spacial score (nSPS) is 9.71. The third kappa shape index (κ3) is 1.53. The van der Waals surface area contributed by atoms with Gasteiger partial charge < -0.3 is 9.47 Å². The largest absolute Gasteiger partial charge is 0.493 e. The van der Waals surface area contributed by atoms with Gasteiger partial charge in [0.05, 0.1) is 19.8 Å². The minimum atomic E-state index is -1.24. The molecule has 0 aliphatic rings. The Morgan fingerprint density at radius 1 is 1.21 bits per heavy atom. The molecule has 0 unspecified atom stereocenters. The van der Waals surface area contributed by atoms with Gasteiger partial charge in [-0.05, 0) is 6.07 Å². The molecule has 1 aromatic carbocycles. The Hall–Kier alpha value is -1.65. The molecule has 0 atom stereocenters. The van der Waals surface area contributed by atoms with Gasteiger partial charge in [0.1, 0.15) is 0 Å². The van der Waals surface area contributed by atoms with Crippen molar-refractivity contribution in [3.8, 4) is 11.5 Å². The molecular weight excluding hydrogens is 194 g/mol. The molecule has 0 fully saturated rings. The summed E-state index contributed by atoms with van der Waals surface area (Å²) < 4.78 is 35.5. The number of rotatable bonds is 3. The average Bonchev–Trinajstić information content (AvgIpc) is 2.21. The fraction of sp³-hybridized carbons (Fsp3) is 0.222. The van der Waals surface area contributed by atoms with Crippen molar-refractivity contribution < 1.29 is 23.0 Å². The topological polar surface area (TPSA) is 35.5 Å². The number of hydrogen-bond donors (Lipinski definition) is 0. The van der Waals surface area contributed by atoms with E-state index >= 15 is 0 Å². The Labute approximate surface area is 79.2 Å². The summed E-state index contributed by atoms with van der Waals surface area (Å²) in [6, 6.07) is 1.07. The Bertz CT molecular complexity index is 364. The standard InChI is InChI=1S/C9H8F2O3/c1-13-6-3-5(4-12)7(10)8(11)9(6)14-2/h3-4H,1-2H3. The molecule has 0 saturated heterocycles. The van der Waals surface area contributed by atoms with Gasteiger partial charge in [0.15, 0.2) is 23.6 Å². The second-order valence-electron chi connectivity index (χ2n) is 2.45. The molecular formula is C9H8F2O3. The smallest absolute Gasteiger partial charge is 0.205 e. The minimum absolute atomic E-state index is 0.0199. The summed E-state index contributed by atoms with van der Waals surface area (Å²) in [7, 11) is 2.45. The van der Waals surface area contributed by atoms with Crippen molar-refractivity contribution in [3.05, 3.63) is 23.3 Å². The predicted octanol–water partition coefficient (Wildman–Crippen LogP) is 1.79. The zero-order valence-corrected chi connectivity index (χ0v) is 7.64. The SMILES string of the molecule is COc1cc(C=O)c(F)c(F)c1OC. The van der Waals surface area contributed by atoms with Gasteiger partial charge in [0.25, 0.3) is 0 Å². The lowest BCUT2D eigenvalue weighted by atomic mass is 10.2. The van der Waals surface area contributed by atoms with Crippen molar-refractivity contribution in [2.24, 2.45) is 0 Å². The molecule has 0 aliphatic carbocycles. The van der Waals surface area contributed by atoms with E-state index in [4.69, 9.17) is 4.74 Å². The highest BCUT2D eigenvalue weighted by molar-refractivity contribution is 5.77. The molecule has 5 heteroatoms. The molecule has 0 aromatic heterocycles. The molecule has 14 heavy (non-hydrogen) atoms. The second kappa shape index (κ2) is 4.04. The van der Waals surface area contributed by atoms with E-state index in [-0.39, 0.29) is 17.8 Å². The van der Waals surface area contributed by atoms with Crippen molar-refractivity contribution in [1.29, 1.82) is 0 Å². The highest BCUT2D eigenvalue weighted by Crippen LogP contribution is 2.32. The lowest BCUT2D eigenvalue weighted by molar-refractivity contribution is 0.111. The maximum atomic E-state index is 13.2. The zero-order valence-electron chi connectivity index (χ0n) is 7.64. The first-order valence-corrected chi connectivity index (χ1v) is 3.70. The number of hydrogen-bond acceptors (Lipinski definition) is 3. The highest BCUT2D eigenvalue weighted by atomic mass is 19.2. The molecule has 3 nitrogen and oxygen atoms in total. The van der Waals surface area contributed by atoms with Crippen molar-refractivity contribution in [2.45, 2.75) is 0 Å². The summed E-state index contributed by atoms with van der Waals surface area (Å²) in [4.78, 5) is 10.3. The van der Waals surface area contributed by atoms with E-state index in [0.717, 1.165) is 6.07 Å². The molecule has 0 N–H and O–H groups in total. The lowest BCUT2D eigenvalue weighted by Gasteiger charge is -2.09.